The first-order valence-corrected chi connectivity index (χ1v) is 18.2. The summed E-state index contributed by atoms with van der Waals surface area (Å²) in [7, 11) is 0. The third-order valence-corrected chi connectivity index (χ3v) is 9.08. The molecular formula is C28H60NO3PS. The lowest BCUT2D eigenvalue weighted by molar-refractivity contribution is 0.397. The van der Waals surface area contributed by atoms with Gasteiger partial charge >= 0.3 is 6.80 Å². The molecule has 4 nitrogen and oxygen atoms in total. The van der Waals surface area contributed by atoms with Crippen molar-refractivity contribution in [3.8, 4) is 0 Å². The summed E-state index contributed by atoms with van der Waals surface area (Å²) in [6.45, 7) is 0.786. The molecule has 0 amide bonds. The second kappa shape index (κ2) is 28.0. The van der Waals surface area contributed by atoms with Crippen LogP contribution in [0.4, 0.5) is 0 Å². The Hall–Kier alpha value is 0.460. The Kier molecular flexibility index (Phi) is 28.4. The Bertz CT molecular complexity index is 434. The van der Waals surface area contributed by atoms with E-state index >= 15 is 0 Å². The number of nitrogens with one attached hydrogen (secondary N) is 1. The van der Waals surface area contributed by atoms with Gasteiger partial charge in [-0.1, -0.05) is 142 Å². The quantitative estimate of drug-likeness (QED) is 0.0675. The first kappa shape index (κ1) is 34.5. The molecule has 34 heavy (non-hydrogen) atoms. The van der Waals surface area contributed by atoms with Crippen molar-refractivity contribution >= 4 is 18.2 Å². The molecule has 0 aromatic rings. The molecule has 0 heterocycles. The van der Waals surface area contributed by atoms with Crippen LogP contribution >= 0.6 is 18.2 Å². The molecule has 0 spiro atoms. The van der Waals surface area contributed by atoms with Crippen LogP contribution in [0.1, 0.15) is 161 Å². The Morgan fingerprint density at radius 2 is 0.794 bits per heavy atom. The summed E-state index contributed by atoms with van der Waals surface area (Å²) < 4.78 is 10.7. The van der Waals surface area contributed by atoms with Gasteiger partial charge in [0.15, 0.2) is 0 Å². The zero-order valence-electron chi connectivity index (χ0n) is 22.8. The Balaban J connectivity index is 3.03. The minimum Gasteiger partial charge on any atom is -0.317 e. The third-order valence-electron chi connectivity index (χ3n) is 6.71. The number of unbranched alkanes of at least 4 members (excludes halogenated alkanes) is 22. The van der Waals surface area contributed by atoms with Crippen LogP contribution in [0.15, 0.2) is 0 Å². The summed E-state index contributed by atoms with van der Waals surface area (Å²) in [6, 6.07) is 0. The summed E-state index contributed by atoms with van der Waals surface area (Å²) in [5, 5.41) is 3.61. The molecule has 6 heteroatoms. The molecule has 0 aliphatic carbocycles. The molecule has 0 unspecified atom stereocenters. The van der Waals surface area contributed by atoms with Gasteiger partial charge in [-0.2, -0.15) is 0 Å². The Morgan fingerprint density at radius 3 is 1.12 bits per heavy atom. The molecule has 0 fully saturated rings. The molecule has 0 atom stereocenters. The summed E-state index contributed by atoms with van der Waals surface area (Å²) in [4.78, 5) is 17.6. The van der Waals surface area contributed by atoms with Crippen molar-refractivity contribution in [2.24, 2.45) is 0 Å². The maximum absolute atomic E-state index is 10.7. The van der Waals surface area contributed by atoms with E-state index < -0.39 is 6.80 Å². The third kappa shape index (κ3) is 32.5. The van der Waals surface area contributed by atoms with Crippen LogP contribution in [0.5, 0.6) is 0 Å². The molecule has 0 aromatic carbocycles. The standard InChI is InChI=1S/C28H60NO3PS/c1-2-3-4-5-6-7-8-9-10-11-12-13-14-17-20-23-26-29-27-24-21-18-15-16-19-22-25-28-34-33(30,31)32/h29H,2-28H2,1H3,(H2,30,31,32). The fourth-order valence-electron chi connectivity index (χ4n) is 4.52. The summed E-state index contributed by atoms with van der Waals surface area (Å²) in [5.41, 5.74) is 0. The molecular weight excluding hydrogens is 461 g/mol. The van der Waals surface area contributed by atoms with Gasteiger partial charge in [0.1, 0.15) is 0 Å². The summed E-state index contributed by atoms with van der Waals surface area (Å²) >= 11 is 0.787. The number of rotatable bonds is 29. The van der Waals surface area contributed by atoms with Crippen LogP contribution in [0.25, 0.3) is 0 Å². The second-order valence-electron chi connectivity index (χ2n) is 10.2. The molecule has 0 aromatic heterocycles. The molecule has 0 aliphatic rings. The van der Waals surface area contributed by atoms with E-state index in [-0.39, 0.29) is 0 Å². The molecule has 0 aliphatic heterocycles. The maximum atomic E-state index is 10.7. The lowest BCUT2D eigenvalue weighted by atomic mass is 10.0. The Labute approximate surface area is 217 Å². The fourth-order valence-corrected chi connectivity index (χ4v) is 6.19. The van der Waals surface area contributed by atoms with Crippen molar-refractivity contribution in [3.05, 3.63) is 0 Å². The van der Waals surface area contributed by atoms with E-state index in [0.717, 1.165) is 24.2 Å². The van der Waals surface area contributed by atoms with Crippen LogP contribution < -0.4 is 5.32 Å². The summed E-state index contributed by atoms with van der Waals surface area (Å²) in [5.74, 6) is 0.579. The molecule has 206 valence electrons. The van der Waals surface area contributed by atoms with Crippen LogP contribution in [0.2, 0.25) is 0 Å². The van der Waals surface area contributed by atoms with Crippen molar-refractivity contribution in [2.45, 2.75) is 161 Å². The molecule has 3 N–H and O–H groups in total. The van der Waals surface area contributed by atoms with E-state index in [4.69, 9.17) is 9.79 Å². The average Bonchev–Trinajstić information content (AvgIpc) is 2.80. The average molecular weight is 522 g/mol. The zero-order valence-corrected chi connectivity index (χ0v) is 24.5. The van der Waals surface area contributed by atoms with Crippen LogP contribution in [0, 0.1) is 0 Å². The van der Waals surface area contributed by atoms with Gasteiger partial charge in [-0.25, -0.2) is 4.57 Å². The van der Waals surface area contributed by atoms with Gasteiger partial charge in [-0.05, 0) is 43.7 Å². The van der Waals surface area contributed by atoms with Gasteiger partial charge in [0, 0.05) is 5.75 Å². The van der Waals surface area contributed by atoms with E-state index in [0.29, 0.717) is 5.75 Å². The first-order chi connectivity index (χ1) is 16.6. The Morgan fingerprint density at radius 1 is 0.500 bits per heavy atom. The van der Waals surface area contributed by atoms with Crippen LogP contribution in [-0.4, -0.2) is 28.6 Å². The van der Waals surface area contributed by atoms with Crippen LogP contribution in [-0.2, 0) is 4.57 Å². The van der Waals surface area contributed by atoms with E-state index in [2.05, 4.69) is 12.2 Å². The lowest BCUT2D eigenvalue weighted by Crippen LogP contribution is -2.16. The van der Waals surface area contributed by atoms with Crippen molar-refractivity contribution in [1.82, 2.24) is 5.32 Å². The highest BCUT2D eigenvalue weighted by Crippen LogP contribution is 2.50. The molecule has 0 saturated heterocycles. The monoisotopic (exact) mass is 521 g/mol. The van der Waals surface area contributed by atoms with Crippen molar-refractivity contribution < 1.29 is 14.4 Å². The van der Waals surface area contributed by atoms with Gasteiger partial charge in [0.05, 0.1) is 0 Å². The minimum atomic E-state index is -3.86. The van der Waals surface area contributed by atoms with Crippen molar-refractivity contribution in [3.63, 3.8) is 0 Å². The largest absolute Gasteiger partial charge is 0.383 e. The highest BCUT2D eigenvalue weighted by atomic mass is 32.7. The highest BCUT2D eigenvalue weighted by molar-refractivity contribution is 8.54. The first-order valence-electron chi connectivity index (χ1n) is 15.0. The van der Waals surface area contributed by atoms with Crippen molar-refractivity contribution in [2.75, 3.05) is 18.8 Å². The van der Waals surface area contributed by atoms with Gasteiger partial charge in [0.2, 0.25) is 0 Å². The number of hydrogen-bond donors (Lipinski definition) is 3. The maximum Gasteiger partial charge on any atom is 0.383 e. The predicted molar refractivity (Wildman–Crippen MR) is 154 cm³/mol. The van der Waals surface area contributed by atoms with Gasteiger partial charge in [-0.15, -0.1) is 0 Å². The van der Waals surface area contributed by atoms with E-state index in [9.17, 15) is 4.57 Å². The molecule has 0 bridgehead atoms. The molecule has 0 saturated carbocycles. The fraction of sp³-hybridized carbons (Fsp3) is 1.00. The van der Waals surface area contributed by atoms with Crippen molar-refractivity contribution in [1.29, 1.82) is 0 Å². The summed E-state index contributed by atoms with van der Waals surface area (Å²) in [6.07, 6.45) is 32.6. The lowest BCUT2D eigenvalue weighted by Gasteiger charge is -2.06. The van der Waals surface area contributed by atoms with Gasteiger partial charge < -0.3 is 15.1 Å². The van der Waals surface area contributed by atoms with E-state index in [1.165, 1.54) is 154 Å². The normalized spacial score (nSPS) is 12.0. The minimum absolute atomic E-state index is 0.579. The second-order valence-corrected chi connectivity index (χ2v) is 14.1. The predicted octanol–water partition coefficient (Wildman–Crippen LogP) is 9.78. The molecule has 0 rings (SSSR count). The zero-order chi connectivity index (χ0) is 25.0. The number of hydrogen-bond acceptors (Lipinski definition) is 3. The van der Waals surface area contributed by atoms with Gasteiger partial charge in [0.25, 0.3) is 0 Å². The van der Waals surface area contributed by atoms with E-state index in [1.54, 1.807) is 0 Å². The topological polar surface area (TPSA) is 69.6 Å². The highest BCUT2D eigenvalue weighted by Gasteiger charge is 2.12. The smallest absolute Gasteiger partial charge is 0.317 e. The van der Waals surface area contributed by atoms with E-state index in [1.807, 2.05) is 0 Å². The van der Waals surface area contributed by atoms with Gasteiger partial charge in [-0.3, -0.25) is 0 Å². The molecule has 0 radical (unpaired) electrons. The van der Waals surface area contributed by atoms with Crippen LogP contribution in [0.3, 0.4) is 0 Å². The SMILES string of the molecule is CCCCCCCCCCCCCCCCCCNCCCCCCCCCCSP(=O)(O)O.